The van der Waals surface area contributed by atoms with Gasteiger partial charge in [-0.1, -0.05) is 43.2 Å². The van der Waals surface area contributed by atoms with Crippen LogP contribution in [0.2, 0.25) is 0 Å². The molecule has 33 heavy (non-hydrogen) atoms. The van der Waals surface area contributed by atoms with Gasteiger partial charge in [0.05, 0.1) is 13.1 Å². The lowest BCUT2D eigenvalue weighted by molar-refractivity contribution is 0.677. The Labute approximate surface area is 197 Å². The number of aromatic nitrogens is 3. The Morgan fingerprint density at radius 1 is 0.970 bits per heavy atom. The van der Waals surface area contributed by atoms with Gasteiger partial charge in [-0.15, -0.1) is 0 Å². The highest BCUT2D eigenvalue weighted by Gasteiger charge is 2.11. The van der Waals surface area contributed by atoms with Crippen LogP contribution in [-0.2, 0) is 19.6 Å². The average Bonchev–Trinajstić information content (AvgIpc) is 3.21. The first kappa shape index (κ1) is 22.8. The third-order valence-electron chi connectivity index (χ3n) is 5.96. The molecule has 2 aromatic heterocycles. The number of pyridine rings is 1. The van der Waals surface area contributed by atoms with Crippen LogP contribution in [0.15, 0.2) is 66.0 Å². The summed E-state index contributed by atoms with van der Waals surface area (Å²) >= 11 is 0. The zero-order valence-corrected chi connectivity index (χ0v) is 19.6. The Bertz CT molecular complexity index is 988. The minimum Gasteiger partial charge on any atom is -0.357 e. The van der Waals surface area contributed by atoms with E-state index in [-0.39, 0.29) is 0 Å². The number of aliphatic imine (C=N–C) groups is 1. The molecule has 0 amide bonds. The first-order chi connectivity index (χ1) is 16.3. The molecule has 1 aliphatic heterocycles. The Kier molecular flexibility index (Phi) is 8.33. The molecule has 1 aliphatic rings. The van der Waals surface area contributed by atoms with Crippen LogP contribution in [0, 0.1) is 0 Å². The fourth-order valence-corrected chi connectivity index (χ4v) is 4.14. The van der Waals surface area contributed by atoms with Crippen LogP contribution in [-0.4, -0.2) is 40.4 Å². The van der Waals surface area contributed by atoms with Crippen molar-refractivity contribution in [2.75, 3.05) is 24.5 Å². The summed E-state index contributed by atoms with van der Waals surface area (Å²) in [6, 6.07) is 14.7. The Balaban J connectivity index is 1.36. The van der Waals surface area contributed by atoms with E-state index in [4.69, 9.17) is 9.98 Å². The number of hydrogen-bond donors (Lipinski definition) is 2. The number of guanidine groups is 1. The van der Waals surface area contributed by atoms with Crippen LogP contribution in [0.4, 0.5) is 5.82 Å². The Morgan fingerprint density at radius 2 is 1.79 bits per heavy atom. The van der Waals surface area contributed by atoms with E-state index in [0.717, 1.165) is 43.5 Å². The Hall–Kier alpha value is -3.35. The largest absolute Gasteiger partial charge is 0.357 e. The molecule has 0 saturated carbocycles. The van der Waals surface area contributed by atoms with Gasteiger partial charge in [0, 0.05) is 44.8 Å². The van der Waals surface area contributed by atoms with Gasteiger partial charge in [0.15, 0.2) is 5.96 Å². The standard InChI is InChI=1S/C26H35N7/c1-2-27-26(30-20-23-10-5-6-11-24(23)21-33-17-9-14-31-33)29-19-22-12-13-25(28-18-22)32-15-7-3-4-8-16-32/h5-6,9-14,17-18H,2-4,7-8,15-16,19-21H2,1H3,(H2,27,29,30). The maximum absolute atomic E-state index is 4.78. The van der Waals surface area contributed by atoms with Gasteiger partial charge in [0.1, 0.15) is 5.82 Å². The van der Waals surface area contributed by atoms with E-state index in [9.17, 15) is 0 Å². The molecule has 0 atom stereocenters. The molecule has 3 aromatic rings. The molecular weight excluding hydrogens is 410 g/mol. The summed E-state index contributed by atoms with van der Waals surface area (Å²) < 4.78 is 1.94. The highest BCUT2D eigenvalue weighted by Crippen LogP contribution is 2.17. The molecule has 174 valence electrons. The van der Waals surface area contributed by atoms with E-state index in [1.165, 1.54) is 36.8 Å². The molecule has 7 heteroatoms. The molecule has 3 heterocycles. The van der Waals surface area contributed by atoms with E-state index in [1.807, 2.05) is 29.3 Å². The molecule has 1 fully saturated rings. The van der Waals surface area contributed by atoms with Gasteiger partial charge in [0.2, 0.25) is 0 Å². The predicted molar refractivity (Wildman–Crippen MR) is 134 cm³/mol. The molecule has 0 aliphatic carbocycles. The summed E-state index contributed by atoms with van der Waals surface area (Å²) in [7, 11) is 0. The Morgan fingerprint density at radius 3 is 2.48 bits per heavy atom. The lowest BCUT2D eigenvalue weighted by atomic mass is 10.1. The van der Waals surface area contributed by atoms with Gasteiger partial charge in [0.25, 0.3) is 0 Å². The average molecular weight is 446 g/mol. The molecule has 2 N–H and O–H groups in total. The molecular formula is C26H35N7. The molecule has 0 spiro atoms. The van der Waals surface area contributed by atoms with Crippen LogP contribution >= 0.6 is 0 Å². The van der Waals surface area contributed by atoms with E-state index in [2.05, 4.69) is 64.0 Å². The zero-order chi connectivity index (χ0) is 22.7. The van der Waals surface area contributed by atoms with Gasteiger partial charge in [-0.05, 0) is 48.6 Å². The van der Waals surface area contributed by atoms with Gasteiger partial charge < -0.3 is 15.5 Å². The van der Waals surface area contributed by atoms with Crippen molar-refractivity contribution < 1.29 is 0 Å². The van der Waals surface area contributed by atoms with Crippen molar-refractivity contribution >= 4 is 11.8 Å². The maximum Gasteiger partial charge on any atom is 0.191 e. The van der Waals surface area contributed by atoms with Crippen molar-refractivity contribution in [3.63, 3.8) is 0 Å². The predicted octanol–water partition coefficient (Wildman–Crippen LogP) is 3.96. The molecule has 0 unspecified atom stereocenters. The molecule has 0 bridgehead atoms. The summed E-state index contributed by atoms with van der Waals surface area (Å²) in [6.07, 6.45) is 10.9. The second-order valence-electron chi connectivity index (χ2n) is 8.45. The first-order valence-electron chi connectivity index (χ1n) is 12.1. The van der Waals surface area contributed by atoms with Crippen molar-refractivity contribution in [2.24, 2.45) is 4.99 Å². The summed E-state index contributed by atoms with van der Waals surface area (Å²) in [6.45, 7) is 7.18. The number of anilines is 1. The minimum atomic E-state index is 0.595. The summed E-state index contributed by atoms with van der Waals surface area (Å²) in [5.74, 6) is 1.89. The number of hydrogen-bond acceptors (Lipinski definition) is 4. The number of nitrogens with zero attached hydrogens (tertiary/aromatic N) is 5. The monoisotopic (exact) mass is 445 g/mol. The zero-order valence-electron chi connectivity index (χ0n) is 19.6. The number of benzene rings is 1. The molecule has 1 saturated heterocycles. The highest BCUT2D eigenvalue weighted by molar-refractivity contribution is 5.79. The second kappa shape index (κ2) is 12.0. The lowest BCUT2D eigenvalue weighted by Crippen LogP contribution is -2.37. The summed E-state index contributed by atoms with van der Waals surface area (Å²) in [4.78, 5) is 11.9. The third kappa shape index (κ3) is 6.81. The normalized spacial score (nSPS) is 14.7. The van der Waals surface area contributed by atoms with Crippen LogP contribution in [0.1, 0.15) is 49.3 Å². The second-order valence-corrected chi connectivity index (χ2v) is 8.45. The van der Waals surface area contributed by atoms with Gasteiger partial charge in [-0.2, -0.15) is 5.10 Å². The van der Waals surface area contributed by atoms with Crippen LogP contribution < -0.4 is 15.5 Å². The van der Waals surface area contributed by atoms with E-state index >= 15 is 0 Å². The third-order valence-corrected chi connectivity index (χ3v) is 5.96. The van der Waals surface area contributed by atoms with Crippen LogP contribution in [0.5, 0.6) is 0 Å². The van der Waals surface area contributed by atoms with E-state index in [0.29, 0.717) is 13.1 Å². The topological polar surface area (TPSA) is 70.4 Å². The smallest absolute Gasteiger partial charge is 0.191 e. The lowest BCUT2D eigenvalue weighted by Gasteiger charge is -2.21. The molecule has 1 aromatic carbocycles. The van der Waals surface area contributed by atoms with E-state index in [1.54, 1.807) is 0 Å². The maximum atomic E-state index is 4.78. The summed E-state index contributed by atoms with van der Waals surface area (Å²) in [5.41, 5.74) is 3.60. The highest BCUT2D eigenvalue weighted by atomic mass is 15.3. The first-order valence-corrected chi connectivity index (χ1v) is 12.1. The van der Waals surface area contributed by atoms with Crippen LogP contribution in [0.25, 0.3) is 0 Å². The van der Waals surface area contributed by atoms with Crippen molar-refractivity contribution in [3.05, 3.63) is 77.7 Å². The van der Waals surface area contributed by atoms with Crippen molar-refractivity contribution in [2.45, 2.75) is 52.2 Å². The fourth-order valence-electron chi connectivity index (χ4n) is 4.14. The van der Waals surface area contributed by atoms with Gasteiger partial charge in [-0.3, -0.25) is 4.68 Å². The van der Waals surface area contributed by atoms with Gasteiger partial charge >= 0.3 is 0 Å². The SMILES string of the molecule is CCNC(=NCc1ccc(N2CCCCCC2)nc1)NCc1ccccc1Cn1cccn1. The quantitative estimate of drug-likeness (QED) is 0.406. The van der Waals surface area contributed by atoms with Crippen molar-refractivity contribution in [3.8, 4) is 0 Å². The van der Waals surface area contributed by atoms with Gasteiger partial charge in [-0.25, -0.2) is 9.98 Å². The number of rotatable bonds is 8. The molecule has 4 rings (SSSR count). The summed E-state index contributed by atoms with van der Waals surface area (Å²) in [5, 5.41) is 11.2. The number of nitrogens with one attached hydrogen (secondary N) is 2. The van der Waals surface area contributed by atoms with E-state index < -0.39 is 0 Å². The minimum absolute atomic E-state index is 0.595. The molecule has 7 nitrogen and oxygen atoms in total. The fraction of sp³-hybridized carbons (Fsp3) is 0.423. The van der Waals surface area contributed by atoms with Crippen molar-refractivity contribution in [1.29, 1.82) is 0 Å². The van der Waals surface area contributed by atoms with Crippen molar-refractivity contribution in [1.82, 2.24) is 25.4 Å². The van der Waals surface area contributed by atoms with Crippen LogP contribution in [0.3, 0.4) is 0 Å². The molecule has 0 radical (unpaired) electrons.